The van der Waals surface area contributed by atoms with Gasteiger partial charge < -0.3 is 10.1 Å². The Bertz CT molecular complexity index is 1180. The Morgan fingerprint density at radius 1 is 1.03 bits per heavy atom. The number of benzene rings is 2. The molecule has 1 aromatic heterocycles. The molecule has 0 aliphatic heterocycles. The summed E-state index contributed by atoms with van der Waals surface area (Å²) in [5.74, 6) is -0.0836. The first-order valence-electron chi connectivity index (χ1n) is 11.2. The molecule has 8 heteroatoms. The fourth-order valence-electron chi connectivity index (χ4n) is 3.98. The minimum atomic E-state index is -0.748. The number of rotatable bonds is 9. The van der Waals surface area contributed by atoms with E-state index < -0.39 is 11.3 Å². The van der Waals surface area contributed by atoms with Gasteiger partial charge in [0.1, 0.15) is 5.75 Å². The number of ether oxygens (including phenoxy) is 1. The monoisotopic (exact) mass is 495 g/mol. The highest BCUT2D eigenvalue weighted by Crippen LogP contribution is 2.34. The Kier molecular flexibility index (Phi) is 8.14. The lowest BCUT2D eigenvalue weighted by Crippen LogP contribution is -2.39. The van der Waals surface area contributed by atoms with Crippen LogP contribution in [-0.2, 0) is 4.79 Å². The summed E-state index contributed by atoms with van der Waals surface area (Å²) in [6, 6.07) is 17.7. The van der Waals surface area contributed by atoms with Crippen LogP contribution in [0.15, 0.2) is 66.9 Å². The maximum absolute atomic E-state index is 12.8. The molecule has 0 spiro atoms. The Hall–Kier alpha value is -3.42. The van der Waals surface area contributed by atoms with Crippen LogP contribution in [0.25, 0.3) is 11.3 Å². The van der Waals surface area contributed by atoms with Crippen LogP contribution >= 0.6 is 11.6 Å². The zero-order valence-corrected chi connectivity index (χ0v) is 21.0. The summed E-state index contributed by atoms with van der Waals surface area (Å²) in [6.07, 6.45) is 2.20. The molecule has 0 unspecified atom stereocenters. The van der Waals surface area contributed by atoms with Gasteiger partial charge in [-0.1, -0.05) is 45.4 Å². The summed E-state index contributed by atoms with van der Waals surface area (Å²) in [7, 11) is 0. The maximum Gasteiger partial charge on any atom is 0.255 e. The molecular weight excluding hydrogens is 466 g/mol. The smallest absolute Gasteiger partial charge is 0.255 e. The second-order valence-corrected chi connectivity index (χ2v) is 10.2. The van der Waals surface area contributed by atoms with E-state index in [0.29, 0.717) is 35.1 Å². The number of nitrogens with one attached hydrogen (secondary N) is 2. The van der Waals surface area contributed by atoms with Crippen LogP contribution in [0.1, 0.15) is 44.5 Å². The van der Waals surface area contributed by atoms with Crippen LogP contribution in [0.4, 0.5) is 5.69 Å². The first-order valence-corrected chi connectivity index (χ1v) is 11.6. The van der Waals surface area contributed by atoms with Crippen LogP contribution < -0.4 is 15.5 Å². The highest BCUT2D eigenvalue weighted by atomic mass is 35.5. The number of hydroxylamine groups is 1. The molecule has 3 aromatic rings. The van der Waals surface area contributed by atoms with E-state index in [9.17, 15) is 9.59 Å². The van der Waals surface area contributed by atoms with E-state index in [1.54, 1.807) is 68.0 Å². The molecule has 0 fully saturated rings. The van der Waals surface area contributed by atoms with E-state index in [0.717, 1.165) is 11.3 Å². The van der Waals surface area contributed by atoms with Crippen molar-refractivity contribution >= 4 is 29.1 Å². The quantitative estimate of drug-likeness (QED) is 0.250. The number of halogens is 1. The van der Waals surface area contributed by atoms with Crippen molar-refractivity contribution in [2.45, 2.75) is 34.1 Å². The molecule has 35 heavy (non-hydrogen) atoms. The van der Waals surface area contributed by atoms with Crippen molar-refractivity contribution < 1.29 is 19.5 Å². The summed E-state index contributed by atoms with van der Waals surface area (Å²) < 4.78 is 5.91. The van der Waals surface area contributed by atoms with Gasteiger partial charge in [-0.3, -0.25) is 19.8 Å². The molecule has 3 N–H and O–H groups in total. The van der Waals surface area contributed by atoms with Gasteiger partial charge in [0, 0.05) is 28.4 Å². The second-order valence-electron chi connectivity index (χ2n) is 9.84. The van der Waals surface area contributed by atoms with Gasteiger partial charge in [0.25, 0.3) is 5.91 Å². The molecular formula is C27H30ClN3O4. The van der Waals surface area contributed by atoms with Gasteiger partial charge in [-0.2, -0.15) is 0 Å². The summed E-state index contributed by atoms with van der Waals surface area (Å²) >= 11 is 6.32. The molecule has 1 heterocycles. The average molecular weight is 496 g/mol. The number of hydrogen-bond acceptors (Lipinski definition) is 5. The fourth-order valence-corrected chi connectivity index (χ4v) is 4.20. The van der Waals surface area contributed by atoms with Crippen LogP contribution in [-0.4, -0.2) is 28.6 Å². The third-order valence-electron chi connectivity index (χ3n) is 5.55. The number of hydrogen-bond donors (Lipinski definition) is 3. The third-order valence-corrected chi connectivity index (χ3v) is 5.88. The van der Waals surface area contributed by atoms with Crippen molar-refractivity contribution in [3.8, 4) is 17.0 Å². The third kappa shape index (κ3) is 7.04. The minimum absolute atomic E-state index is 0.261. The number of carbonyl (C=O) groups excluding carboxylic acids is 2. The van der Waals surface area contributed by atoms with Crippen LogP contribution in [0, 0.1) is 10.8 Å². The van der Waals surface area contributed by atoms with Gasteiger partial charge >= 0.3 is 0 Å². The number of aromatic nitrogens is 1. The van der Waals surface area contributed by atoms with Crippen molar-refractivity contribution in [3.05, 3.63) is 77.4 Å². The van der Waals surface area contributed by atoms with E-state index >= 15 is 0 Å². The molecule has 3 rings (SSSR count). The molecule has 184 valence electrons. The molecule has 0 aliphatic rings. The molecule has 0 radical (unpaired) electrons. The molecule has 0 atom stereocenters. The average Bonchev–Trinajstić information content (AvgIpc) is 2.83. The van der Waals surface area contributed by atoms with Crippen molar-refractivity contribution in [3.63, 3.8) is 0 Å². The van der Waals surface area contributed by atoms with E-state index in [1.165, 1.54) is 0 Å². The van der Waals surface area contributed by atoms with Crippen molar-refractivity contribution in [1.82, 2.24) is 10.5 Å². The van der Waals surface area contributed by atoms with E-state index in [4.69, 9.17) is 21.5 Å². The maximum atomic E-state index is 12.8. The van der Waals surface area contributed by atoms with E-state index in [2.05, 4.69) is 10.3 Å². The number of carbonyl (C=O) groups is 2. The lowest BCUT2D eigenvalue weighted by atomic mass is 9.75. The van der Waals surface area contributed by atoms with Gasteiger partial charge in [-0.15, -0.1) is 0 Å². The first kappa shape index (κ1) is 26.2. The number of pyridine rings is 1. The molecule has 0 saturated heterocycles. The zero-order chi connectivity index (χ0) is 25.6. The van der Waals surface area contributed by atoms with Gasteiger partial charge in [-0.05, 0) is 66.4 Å². The standard InChI is InChI=1S/C27H30ClN3O4/c1-26(2,16-27(3,4)25(33)31-34)17-35-20-11-8-18(9-12-20)24(32)30-19-10-13-22(28)21(15-19)23-7-5-6-14-29-23/h5-15,34H,16-17H2,1-4H3,(H,30,32)(H,31,33). The minimum Gasteiger partial charge on any atom is -0.493 e. The Morgan fingerprint density at radius 2 is 1.74 bits per heavy atom. The van der Waals surface area contributed by atoms with Crippen LogP contribution in [0.5, 0.6) is 5.75 Å². The number of anilines is 1. The Labute approximate surface area is 210 Å². The van der Waals surface area contributed by atoms with Gasteiger partial charge in [-0.25, -0.2) is 5.48 Å². The van der Waals surface area contributed by atoms with Crippen molar-refractivity contribution in [1.29, 1.82) is 0 Å². The highest BCUT2D eigenvalue weighted by molar-refractivity contribution is 6.33. The largest absolute Gasteiger partial charge is 0.493 e. The predicted octanol–water partition coefficient (Wildman–Crippen LogP) is 5.98. The first-order chi connectivity index (χ1) is 16.5. The summed E-state index contributed by atoms with van der Waals surface area (Å²) in [6.45, 7) is 7.89. The predicted molar refractivity (Wildman–Crippen MR) is 137 cm³/mol. The zero-order valence-electron chi connectivity index (χ0n) is 20.3. The summed E-state index contributed by atoms with van der Waals surface area (Å²) in [5, 5.41) is 12.4. The lowest BCUT2D eigenvalue weighted by molar-refractivity contribution is -0.140. The Morgan fingerprint density at radius 3 is 2.37 bits per heavy atom. The normalized spacial score (nSPS) is 11.6. The van der Waals surface area contributed by atoms with Gasteiger partial charge in [0.2, 0.25) is 5.91 Å². The van der Waals surface area contributed by atoms with E-state index in [1.807, 2.05) is 32.0 Å². The molecule has 2 aromatic carbocycles. The van der Waals surface area contributed by atoms with Crippen molar-refractivity contribution in [2.24, 2.45) is 10.8 Å². The van der Waals surface area contributed by atoms with E-state index in [-0.39, 0.29) is 11.3 Å². The van der Waals surface area contributed by atoms with Crippen molar-refractivity contribution in [2.75, 3.05) is 11.9 Å². The van der Waals surface area contributed by atoms with Crippen LogP contribution in [0.2, 0.25) is 5.02 Å². The topological polar surface area (TPSA) is 101 Å². The molecule has 2 amide bonds. The van der Waals surface area contributed by atoms with Gasteiger partial charge in [0.15, 0.2) is 0 Å². The fraction of sp³-hybridized carbons (Fsp3) is 0.296. The van der Waals surface area contributed by atoms with Gasteiger partial charge in [0.05, 0.1) is 17.3 Å². The number of amides is 2. The molecule has 0 bridgehead atoms. The molecule has 0 saturated carbocycles. The Balaban J connectivity index is 1.62. The number of nitrogens with zero attached hydrogens (tertiary/aromatic N) is 1. The highest BCUT2D eigenvalue weighted by Gasteiger charge is 2.35. The lowest BCUT2D eigenvalue weighted by Gasteiger charge is -2.33. The SMILES string of the molecule is CC(C)(COc1ccc(C(=O)Nc2ccc(Cl)c(-c3ccccn3)c2)cc1)CC(C)(C)C(=O)NO. The second kappa shape index (κ2) is 10.9. The van der Waals surface area contributed by atoms with Crippen LogP contribution in [0.3, 0.4) is 0 Å². The molecule has 7 nitrogen and oxygen atoms in total. The molecule has 0 aliphatic carbocycles. The summed E-state index contributed by atoms with van der Waals surface area (Å²) in [5.41, 5.74) is 3.19. The summed E-state index contributed by atoms with van der Waals surface area (Å²) in [4.78, 5) is 29.0.